The summed E-state index contributed by atoms with van der Waals surface area (Å²) in [5.41, 5.74) is 2.83. The Morgan fingerprint density at radius 2 is 1.63 bits per heavy atom. The molecule has 0 unspecified atom stereocenters. The molecule has 0 bridgehead atoms. The van der Waals surface area contributed by atoms with E-state index in [1.165, 1.54) is 5.56 Å². The van der Waals surface area contributed by atoms with Crippen LogP contribution in [-0.2, 0) is 17.7 Å². The monoisotopic (exact) mass is 514 g/mol. The molecule has 1 aliphatic heterocycles. The second kappa shape index (κ2) is 14.1. The molecule has 3 aromatic carbocycles. The van der Waals surface area contributed by atoms with Crippen molar-refractivity contribution >= 4 is 29.9 Å². The maximum Gasteiger partial charge on any atom is 0.254 e. The van der Waals surface area contributed by atoms with Crippen molar-refractivity contribution in [2.24, 2.45) is 0 Å². The summed E-state index contributed by atoms with van der Waals surface area (Å²) in [6.07, 6.45) is 0.778. The number of carbonyl (C=O) groups is 1. The van der Waals surface area contributed by atoms with Gasteiger partial charge < -0.3 is 14.4 Å². The van der Waals surface area contributed by atoms with Crippen molar-refractivity contribution in [1.82, 2.24) is 9.80 Å². The fraction of sp³-hybridized carbons (Fsp3) is 0.321. The number of benzene rings is 3. The smallest absolute Gasteiger partial charge is 0.254 e. The zero-order valence-corrected chi connectivity index (χ0v) is 21.3. The topological polar surface area (TPSA) is 42.0 Å². The summed E-state index contributed by atoms with van der Waals surface area (Å²) in [6.45, 7) is 5.97. The van der Waals surface area contributed by atoms with Gasteiger partial charge in [-0.2, -0.15) is 0 Å². The fourth-order valence-corrected chi connectivity index (χ4v) is 4.15. The third-order valence-electron chi connectivity index (χ3n) is 5.99. The standard InChI is InChI=1S/C28H31ClN2O3.ClH/c29-26-12-10-24(11-13-26)28(32)31(15-14-23-6-2-1-3-7-23)22-25-8-4-5-9-27(25)34-21-18-30-16-19-33-20-17-30;/h1-13H,14-22H2;1H. The number of hydrogen-bond donors (Lipinski definition) is 0. The number of amides is 1. The van der Waals surface area contributed by atoms with Crippen LogP contribution in [0, 0.1) is 0 Å². The zero-order valence-electron chi connectivity index (χ0n) is 19.8. The third-order valence-corrected chi connectivity index (χ3v) is 6.25. The van der Waals surface area contributed by atoms with Gasteiger partial charge in [0, 0.05) is 48.9 Å². The molecule has 5 nitrogen and oxygen atoms in total. The van der Waals surface area contributed by atoms with Crippen molar-refractivity contribution in [3.05, 3.63) is 101 Å². The van der Waals surface area contributed by atoms with Gasteiger partial charge in [-0.25, -0.2) is 0 Å². The number of halogens is 2. The van der Waals surface area contributed by atoms with Crippen molar-refractivity contribution in [3.8, 4) is 5.75 Å². The van der Waals surface area contributed by atoms with Gasteiger partial charge in [0.25, 0.3) is 5.91 Å². The lowest BCUT2D eigenvalue weighted by Crippen LogP contribution is -2.38. The molecule has 3 aromatic rings. The summed E-state index contributed by atoms with van der Waals surface area (Å²) >= 11 is 6.04. The predicted octanol–water partition coefficient (Wildman–Crippen LogP) is 5.36. The van der Waals surface area contributed by atoms with Crippen LogP contribution in [0.15, 0.2) is 78.9 Å². The van der Waals surface area contributed by atoms with E-state index in [1.54, 1.807) is 24.3 Å². The Bertz CT molecular complexity index is 1040. The first-order valence-electron chi connectivity index (χ1n) is 11.8. The summed E-state index contributed by atoms with van der Waals surface area (Å²) in [5, 5.41) is 0.617. The van der Waals surface area contributed by atoms with Gasteiger partial charge in [0.2, 0.25) is 0 Å². The van der Waals surface area contributed by atoms with E-state index in [1.807, 2.05) is 47.4 Å². The molecule has 1 fully saturated rings. The van der Waals surface area contributed by atoms with Gasteiger partial charge in [0.1, 0.15) is 12.4 Å². The molecule has 0 aliphatic carbocycles. The number of hydrogen-bond acceptors (Lipinski definition) is 4. The molecular formula is C28H32Cl2N2O3. The second-order valence-corrected chi connectivity index (χ2v) is 8.82. The van der Waals surface area contributed by atoms with Crippen LogP contribution in [0.1, 0.15) is 21.5 Å². The minimum Gasteiger partial charge on any atom is -0.492 e. The Morgan fingerprint density at radius 1 is 0.943 bits per heavy atom. The number of para-hydroxylation sites is 1. The van der Waals surface area contributed by atoms with Crippen LogP contribution in [0.2, 0.25) is 5.02 Å². The average molecular weight is 515 g/mol. The molecule has 0 aromatic heterocycles. The van der Waals surface area contributed by atoms with Crippen molar-refractivity contribution < 1.29 is 14.3 Å². The van der Waals surface area contributed by atoms with E-state index in [2.05, 4.69) is 17.0 Å². The minimum atomic E-state index is -0.0179. The van der Waals surface area contributed by atoms with E-state index in [0.717, 1.165) is 50.6 Å². The average Bonchev–Trinajstić information content (AvgIpc) is 2.88. The van der Waals surface area contributed by atoms with Crippen LogP contribution in [-0.4, -0.2) is 61.7 Å². The van der Waals surface area contributed by atoms with Gasteiger partial charge in [0.05, 0.1) is 13.2 Å². The molecule has 35 heavy (non-hydrogen) atoms. The summed E-state index contributed by atoms with van der Waals surface area (Å²) < 4.78 is 11.6. The SMILES string of the molecule is Cl.O=C(c1ccc(Cl)cc1)N(CCc1ccccc1)Cc1ccccc1OCCN1CCOCC1. The third kappa shape index (κ3) is 8.25. The van der Waals surface area contributed by atoms with Crippen LogP contribution in [0.5, 0.6) is 5.75 Å². The molecule has 0 spiro atoms. The molecule has 0 radical (unpaired) electrons. The van der Waals surface area contributed by atoms with E-state index in [0.29, 0.717) is 30.3 Å². The van der Waals surface area contributed by atoms with Gasteiger partial charge in [-0.3, -0.25) is 9.69 Å². The van der Waals surface area contributed by atoms with E-state index in [9.17, 15) is 4.79 Å². The maximum atomic E-state index is 13.4. The fourth-order valence-electron chi connectivity index (χ4n) is 4.03. The highest BCUT2D eigenvalue weighted by atomic mass is 35.5. The summed E-state index contributed by atoms with van der Waals surface area (Å²) in [5.74, 6) is 0.806. The molecule has 0 N–H and O–H groups in total. The molecule has 1 saturated heterocycles. The van der Waals surface area contributed by atoms with Gasteiger partial charge in [-0.05, 0) is 42.3 Å². The summed E-state index contributed by atoms with van der Waals surface area (Å²) in [4.78, 5) is 17.7. The molecule has 1 aliphatic rings. The highest BCUT2D eigenvalue weighted by molar-refractivity contribution is 6.30. The van der Waals surface area contributed by atoms with Crippen molar-refractivity contribution in [2.75, 3.05) is 46.0 Å². The van der Waals surface area contributed by atoms with Gasteiger partial charge in [-0.1, -0.05) is 60.1 Å². The molecule has 4 rings (SSSR count). The quantitative estimate of drug-likeness (QED) is 0.365. The van der Waals surface area contributed by atoms with Crippen LogP contribution >= 0.6 is 24.0 Å². The van der Waals surface area contributed by atoms with Crippen LogP contribution < -0.4 is 4.74 Å². The molecule has 0 saturated carbocycles. The van der Waals surface area contributed by atoms with E-state index < -0.39 is 0 Å². The lowest BCUT2D eigenvalue weighted by atomic mass is 10.1. The number of ether oxygens (including phenoxy) is 2. The van der Waals surface area contributed by atoms with Crippen molar-refractivity contribution in [2.45, 2.75) is 13.0 Å². The van der Waals surface area contributed by atoms with Crippen LogP contribution in [0.25, 0.3) is 0 Å². The number of carbonyl (C=O) groups excluding carboxylic acids is 1. The number of nitrogens with zero attached hydrogens (tertiary/aromatic N) is 2. The van der Waals surface area contributed by atoms with Crippen molar-refractivity contribution in [1.29, 1.82) is 0 Å². The second-order valence-electron chi connectivity index (χ2n) is 8.38. The Labute approximate surface area is 219 Å². The van der Waals surface area contributed by atoms with Crippen LogP contribution in [0.3, 0.4) is 0 Å². The Morgan fingerprint density at radius 3 is 2.37 bits per heavy atom. The van der Waals surface area contributed by atoms with Gasteiger partial charge in [-0.15, -0.1) is 12.4 Å². The predicted molar refractivity (Wildman–Crippen MR) is 143 cm³/mol. The molecular weight excluding hydrogens is 483 g/mol. The van der Waals surface area contributed by atoms with Crippen LogP contribution in [0.4, 0.5) is 0 Å². The normalized spacial score (nSPS) is 13.6. The Hall–Kier alpha value is -2.57. The van der Waals surface area contributed by atoms with Gasteiger partial charge >= 0.3 is 0 Å². The number of rotatable bonds is 10. The molecule has 0 atom stereocenters. The first-order chi connectivity index (χ1) is 16.7. The summed E-state index contributed by atoms with van der Waals surface area (Å²) in [6, 6.07) is 25.3. The van der Waals surface area contributed by atoms with Gasteiger partial charge in [0.15, 0.2) is 0 Å². The first-order valence-corrected chi connectivity index (χ1v) is 12.2. The minimum absolute atomic E-state index is 0. The first kappa shape index (κ1) is 27.0. The van der Waals surface area contributed by atoms with Crippen molar-refractivity contribution in [3.63, 3.8) is 0 Å². The van der Waals surface area contributed by atoms with E-state index in [4.69, 9.17) is 21.1 Å². The van der Waals surface area contributed by atoms with E-state index >= 15 is 0 Å². The lowest BCUT2D eigenvalue weighted by Gasteiger charge is -2.27. The molecule has 186 valence electrons. The molecule has 1 amide bonds. The summed E-state index contributed by atoms with van der Waals surface area (Å²) in [7, 11) is 0. The lowest BCUT2D eigenvalue weighted by molar-refractivity contribution is 0.0321. The Kier molecular flexibility index (Phi) is 10.9. The zero-order chi connectivity index (χ0) is 23.6. The molecule has 1 heterocycles. The maximum absolute atomic E-state index is 13.4. The molecule has 7 heteroatoms. The number of morpholine rings is 1. The highest BCUT2D eigenvalue weighted by Gasteiger charge is 2.18. The highest BCUT2D eigenvalue weighted by Crippen LogP contribution is 2.22. The largest absolute Gasteiger partial charge is 0.492 e. The Balaban J connectivity index is 0.00000342. The van der Waals surface area contributed by atoms with E-state index in [-0.39, 0.29) is 18.3 Å².